The first-order valence-corrected chi connectivity index (χ1v) is 8.30. The molecule has 0 aromatic heterocycles. The number of thiocarbonyl (C=S) groups is 1. The van der Waals surface area contributed by atoms with Gasteiger partial charge in [-0.1, -0.05) is 12.2 Å². The Bertz CT molecular complexity index is 423. The fraction of sp³-hybridized carbons (Fsp3) is 0.667. The average Bonchev–Trinajstić information content (AvgIpc) is 2.46. The highest BCUT2D eigenvalue weighted by atomic mass is 32.1. The van der Waals surface area contributed by atoms with Crippen molar-refractivity contribution in [2.45, 2.75) is 20.8 Å². The van der Waals surface area contributed by atoms with Gasteiger partial charge in [0.05, 0.1) is 34.0 Å². The van der Waals surface area contributed by atoms with Gasteiger partial charge in [0, 0.05) is 0 Å². The molecule has 0 aliphatic carbocycles. The van der Waals surface area contributed by atoms with Crippen LogP contribution in [0.5, 0.6) is 0 Å². The van der Waals surface area contributed by atoms with Crippen LogP contribution in [0.4, 0.5) is 0 Å². The summed E-state index contributed by atoms with van der Waals surface area (Å²) in [7, 11) is -0.976. The molecule has 0 spiro atoms. The van der Waals surface area contributed by atoms with Crippen molar-refractivity contribution < 1.29 is 32.6 Å². The monoisotopic (exact) mass is 340 g/mol. The zero-order valence-corrected chi connectivity index (χ0v) is 14.5. The predicted octanol–water partition coefficient (Wildman–Crippen LogP) is 1.75. The predicted molar refractivity (Wildman–Crippen MR) is 83.4 cm³/mol. The van der Waals surface area contributed by atoms with Crippen molar-refractivity contribution in [3.05, 3.63) is 0 Å². The van der Waals surface area contributed by atoms with E-state index in [1.54, 1.807) is 20.8 Å². The fourth-order valence-electron chi connectivity index (χ4n) is 1.43. The van der Waals surface area contributed by atoms with Gasteiger partial charge in [-0.2, -0.15) is 0 Å². The molecule has 0 amide bonds. The topological polar surface area (TPSA) is 80.3 Å². The largest absolute Gasteiger partial charge is 0.465 e. The summed E-state index contributed by atoms with van der Waals surface area (Å²) in [6.07, 6.45) is 0. The number of rotatable bonds is 9. The molecule has 0 aromatic rings. The van der Waals surface area contributed by atoms with Crippen LogP contribution < -0.4 is 0 Å². The second-order valence-electron chi connectivity index (χ2n) is 3.41. The van der Waals surface area contributed by atoms with Crippen molar-refractivity contribution in [3.8, 4) is 0 Å². The summed E-state index contributed by atoms with van der Waals surface area (Å²) in [5.41, 5.74) is 0. The molecule has 0 saturated carbocycles. The van der Waals surface area contributed by atoms with Crippen LogP contribution in [0, 0.1) is 0 Å². The van der Waals surface area contributed by atoms with Gasteiger partial charge >= 0.3 is 11.9 Å². The minimum Gasteiger partial charge on any atom is -0.465 e. The lowest BCUT2D eigenvalue weighted by Crippen LogP contribution is -2.33. The standard InChI is InChI=1S/C12H21O7PS/c1-6-17-20(18-7-2,19-8-3)9(11(13)15-4)10(21)12(14)16-5/h6-8H2,1-5H3. The first-order chi connectivity index (χ1) is 9.93. The van der Waals surface area contributed by atoms with Crippen LogP contribution in [0.3, 0.4) is 0 Å². The van der Waals surface area contributed by atoms with Gasteiger partial charge in [0.2, 0.25) is 0 Å². The number of esters is 2. The van der Waals surface area contributed by atoms with E-state index < -0.39 is 19.5 Å². The van der Waals surface area contributed by atoms with Crippen molar-refractivity contribution in [1.29, 1.82) is 0 Å². The van der Waals surface area contributed by atoms with Crippen LogP contribution >= 0.6 is 19.8 Å². The van der Waals surface area contributed by atoms with Gasteiger partial charge in [-0.3, -0.25) is 0 Å². The molecule has 0 radical (unpaired) electrons. The maximum atomic E-state index is 12.1. The van der Waals surface area contributed by atoms with Crippen molar-refractivity contribution in [2.75, 3.05) is 34.0 Å². The van der Waals surface area contributed by atoms with E-state index in [0.29, 0.717) is 0 Å². The quantitative estimate of drug-likeness (QED) is 0.357. The van der Waals surface area contributed by atoms with E-state index in [2.05, 4.69) is 9.47 Å². The lowest BCUT2D eigenvalue weighted by atomic mass is 10.3. The average molecular weight is 340 g/mol. The number of carbonyl (C=O) groups excluding carboxylic acids is 2. The molecule has 0 fully saturated rings. The van der Waals surface area contributed by atoms with E-state index in [0.717, 1.165) is 7.11 Å². The minimum absolute atomic E-state index is 0.206. The third kappa shape index (κ3) is 5.16. The molecule has 0 aromatic carbocycles. The third-order valence-electron chi connectivity index (χ3n) is 2.14. The summed E-state index contributed by atoms with van der Waals surface area (Å²) in [6.45, 7) is 5.75. The van der Waals surface area contributed by atoms with Crippen LogP contribution in [-0.4, -0.2) is 56.1 Å². The first kappa shape index (κ1) is 20.2. The smallest absolute Gasteiger partial charge is 0.350 e. The van der Waals surface area contributed by atoms with Gasteiger partial charge in [-0.05, 0) is 20.8 Å². The van der Waals surface area contributed by atoms with Crippen molar-refractivity contribution >= 4 is 41.9 Å². The molecule has 0 aliphatic heterocycles. The molecular weight excluding hydrogens is 319 g/mol. The Morgan fingerprint density at radius 1 is 0.857 bits per heavy atom. The molecular formula is C12H21O7PS. The van der Waals surface area contributed by atoms with Crippen LogP contribution in [0.25, 0.3) is 0 Å². The lowest BCUT2D eigenvalue weighted by Gasteiger charge is -2.27. The molecule has 0 N–H and O–H groups in total. The summed E-state index contributed by atoms with van der Waals surface area (Å²) in [4.78, 5) is 23.4. The molecule has 0 unspecified atom stereocenters. The summed E-state index contributed by atoms with van der Waals surface area (Å²) in [5.74, 6) is -1.69. The molecule has 0 heterocycles. The molecule has 21 heavy (non-hydrogen) atoms. The van der Waals surface area contributed by atoms with E-state index in [-0.39, 0.29) is 30.0 Å². The number of hydrogen-bond donors (Lipinski definition) is 0. The van der Waals surface area contributed by atoms with E-state index in [1.807, 2.05) is 0 Å². The zero-order chi connectivity index (χ0) is 16.5. The van der Waals surface area contributed by atoms with Gasteiger partial charge in [0.1, 0.15) is 4.86 Å². The highest BCUT2D eigenvalue weighted by molar-refractivity contribution is 7.87. The second-order valence-corrected chi connectivity index (χ2v) is 6.04. The Balaban J connectivity index is 6.30. The maximum Gasteiger partial charge on any atom is 0.350 e. The number of methoxy groups -OCH3 is 2. The Hall–Kier alpha value is -0.790. The number of ether oxygens (including phenoxy) is 2. The maximum absolute atomic E-state index is 12.1. The Morgan fingerprint density at radius 2 is 1.24 bits per heavy atom. The lowest BCUT2D eigenvalue weighted by molar-refractivity contribution is -0.134. The van der Waals surface area contributed by atoms with Crippen LogP contribution in [0.15, 0.2) is 0 Å². The minimum atomic E-state index is -3.30. The van der Waals surface area contributed by atoms with Crippen LogP contribution in [-0.2, 0) is 32.6 Å². The van der Waals surface area contributed by atoms with E-state index in [9.17, 15) is 9.59 Å². The van der Waals surface area contributed by atoms with Gasteiger partial charge in [-0.25, -0.2) is 9.59 Å². The van der Waals surface area contributed by atoms with E-state index in [1.165, 1.54) is 7.11 Å². The van der Waals surface area contributed by atoms with E-state index in [4.69, 9.17) is 25.8 Å². The molecule has 122 valence electrons. The molecule has 0 bridgehead atoms. The third-order valence-corrected chi connectivity index (χ3v) is 5.41. The summed E-state index contributed by atoms with van der Waals surface area (Å²) < 4.78 is 25.9. The molecule has 0 atom stereocenters. The van der Waals surface area contributed by atoms with Gasteiger partial charge in [0.25, 0.3) is 7.57 Å². The molecule has 9 heteroatoms. The Labute approximate surface area is 130 Å². The van der Waals surface area contributed by atoms with Crippen molar-refractivity contribution in [1.82, 2.24) is 0 Å². The van der Waals surface area contributed by atoms with E-state index >= 15 is 0 Å². The highest BCUT2D eigenvalue weighted by Gasteiger charge is 2.37. The molecule has 0 saturated heterocycles. The van der Waals surface area contributed by atoms with Crippen LogP contribution in [0.2, 0.25) is 0 Å². The van der Waals surface area contributed by atoms with Gasteiger partial charge in [-0.15, -0.1) is 0 Å². The van der Waals surface area contributed by atoms with Crippen LogP contribution in [0.1, 0.15) is 20.8 Å². The second kappa shape index (κ2) is 10.0. The highest BCUT2D eigenvalue weighted by Crippen LogP contribution is 2.53. The summed E-state index contributed by atoms with van der Waals surface area (Å²) >= 11 is 5.01. The normalized spacial score (nSPS) is 10.9. The molecule has 0 rings (SSSR count). The fourth-order valence-corrected chi connectivity index (χ4v) is 4.22. The SMILES string of the molecule is CCOP(OCC)(OCC)=C(C(=O)OC)C(=S)C(=O)OC. The molecule has 7 nitrogen and oxygen atoms in total. The summed E-state index contributed by atoms with van der Waals surface area (Å²) in [5, 5.41) is -0.239. The Morgan fingerprint density at radius 3 is 1.52 bits per heavy atom. The number of hydrogen-bond acceptors (Lipinski definition) is 8. The zero-order valence-electron chi connectivity index (χ0n) is 12.8. The van der Waals surface area contributed by atoms with Gasteiger partial charge < -0.3 is 23.0 Å². The Kier molecular flexibility index (Phi) is 9.65. The first-order valence-electron chi connectivity index (χ1n) is 6.35. The summed E-state index contributed by atoms with van der Waals surface area (Å²) in [6, 6.07) is 0. The van der Waals surface area contributed by atoms with Crippen molar-refractivity contribution in [3.63, 3.8) is 0 Å². The molecule has 0 aliphatic rings. The number of carbonyl (C=O) groups is 2. The van der Waals surface area contributed by atoms with Crippen molar-refractivity contribution in [2.24, 2.45) is 0 Å². The van der Waals surface area contributed by atoms with Gasteiger partial charge in [0.15, 0.2) is 5.29 Å².